The van der Waals surface area contributed by atoms with Gasteiger partial charge in [0.2, 0.25) is 0 Å². The number of carbonyl (C=O) groups is 2. The number of fused-ring (bicyclic) bond motifs is 2. The molecule has 2 aliphatic rings. The van der Waals surface area contributed by atoms with Gasteiger partial charge in [-0.3, -0.25) is 0 Å². The summed E-state index contributed by atoms with van der Waals surface area (Å²) in [6.07, 6.45) is 5.76. The van der Waals surface area contributed by atoms with Gasteiger partial charge in [-0.15, -0.1) is 0 Å². The zero-order chi connectivity index (χ0) is 52.2. The van der Waals surface area contributed by atoms with Crippen molar-refractivity contribution < 1.29 is 82.0 Å². The Balaban J connectivity index is 1.09. The minimum atomic E-state index is -0.673. The molecule has 0 fully saturated rings. The molecule has 0 aromatic heterocycles. The van der Waals surface area contributed by atoms with Crippen LogP contribution in [0.3, 0.4) is 0 Å². The summed E-state index contributed by atoms with van der Waals surface area (Å²) in [4.78, 5) is 25.8. The minimum absolute atomic E-state index is 0.0410. The lowest BCUT2D eigenvalue weighted by molar-refractivity contribution is -0.941. The summed E-state index contributed by atoms with van der Waals surface area (Å²) >= 11 is 0. The predicted octanol–water partition coefficient (Wildman–Crippen LogP) is 4.90. The van der Waals surface area contributed by atoms with Crippen molar-refractivity contribution in [3.8, 4) is 34.5 Å². The van der Waals surface area contributed by atoms with Crippen LogP contribution in [0.15, 0.2) is 54.6 Å². The molecular formula is C55H74N2O15+2. The first-order valence-electron chi connectivity index (χ1n) is 24.4. The quantitative estimate of drug-likeness (QED) is 0.0259. The van der Waals surface area contributed by atoms with Crippen LogP contribution < -0.4 is 28.4 Å². The van der Waals surface area contributed by atoms with Crippen LogP contribution in [-0.2, 0) is 77.8 Å². The first-order valence-corrected chi connectivity index (χ1v) is 24.4. The largest absolute Gasteiger partial charge is 0.496 e. The Bertz CT molecular complexity index is 2510. The van der Waals surface area contributed by atoms with Crippen LogP contribution in [0.1, 0.15) is 86.1 Å². The number of nitrogens with zero attached hydrogens (tertiary/aromatic N) is 2. The molecule has 4 aromatic carbocycles. The van der Waals surface area contributed by atoms with E-state index in [1.165, 1.54) is 7.11 Å². The van der Waals surface area contributed by atoms with Gasteiger partial charge in [-0.05, 0) is 63.7 Å². The first-order chi connectivity index (χ1) is 34.7. The number of aliphatic hydroxyl groups excluding tert-OH is 5. The fourth-order valence-corrected chi connectivity index (χ4v) is 10.9. The van der Waals surface area contributed by atoms with Gasteiger partial charge in [0.15, 0.2) is 23.0 Å². The van der Waals surface area contributed by atoms with Gasteiger partial charge in [0.05, 0.1) is 135 Å². The molecule has 4 atom stereocenters. The van der Waals surface area contributed by atoms with Crippen molar-refractivity contribution in [2.24, 2.45) is 0 Å². The highest BCUT2D eigenvalue weighted by molar-refractivity contribution is 5.91. The number of quaternary nitrogens is 2. The van der Waals surface area contributed by atoms with Crippen LogP contribution in [-0.4, -0.2) is 143 Å². The molecule has 17 nitrogen and oxygen atoms in total. The normalized spacial score (nSPS) is 19.3. The summed E-state index contributed by atoms with van der Waals surface area (Å²) in [5.74, 6) is 1.97. The Morgan fingerprint density at radius 3 is 1.54 bits per heavy atom. The van der Waals surface area contributed by atoms with Gasteiger partial charge in [0, 0.05) is 72.9 Å². The van der Waals surface area contributed by atoms with Crippen LogP contribution in [0.25, 0.3) is 0 Å². The second-order valence-electron chi connectivity index (χ2n) is 18.9. The van der Waals surface area contributed by atoms with Crippen LogP contribution in [0.2, 0.25) is 0 Å². The SMILES string of the molecule is COc1cc2c(cc1OC)C(Cc1cc(CO)c(OC)c(OC)c1)[N+](C)(CCCOC(=O)/C=C/C(=O)OCCC[N+]1(C)CCc3cc(CO)c(CO)c(OC)c3C1Cc1cc(CO)c(CO)c(OC)c1)CC2. The number of benzene rings is 4. The summed E-state index contributed by atoms with van der Waals surface area (Å²) < 4.78 is 46.5. The summed E-state index contributed by atoms with van der Waals surface area (Å²) in [7, 11) is 13.8. The maximum absolute atomic E-state index is 12.9. The number of methoxy groups -OCH3 is 6. The number of likely N-dealkylation sites (N-methyl/N-ethyl adjacent to an activating group) is 2. The maximum Gasteiger partial charge on any atom is 0.331 e. The number of carbonyl (C=O) groups excluding carboxylic acids is 2. The van der Waals surface area contributed by atoms with Crippen LogP contribution in [0.5, 0.6) is 34.5 Å². The molecule has 392 valence electrons. The molecule has 72 heavy (non-hydrogen) atoms. The van der Waals surface area contributed by atoms with E-state index in [1.54, 1.807) is 35.5 Å². The van der Waals surface area contributed by atoms with E-state index < -0.39 is 11.9 Å². The molecule has 2 heterocycles. The molecule has 0 radical (unpaired) electrons. The summed E-state index contributed by atoms with van der Waals surface area (Å²) in [5.41, 5.74) is 8.82. The van der Waals surface area contributed by atoms with Gasteiger partial charge in [-0.1, -0.05) is 12.1 Å². The van der Waals surface area contributed by atoms with Crippen molar-refractivity contribution in [1.82, 2.24) is 0 Å². The van der Waals surface area contributed by atoms with Gasteiger partial charge >= 0.3 is 11.9 Å². The molecule has 4 aromatic rings. The van der Waals surface area contributed by atoms with Gasteiger partial charge in [-0.25, -0.2) is 9.59 Å². The van der Waals surface area contributed by atoms with Crippen molar-refractivity contribution in [1.29, 1.82) is 0 Å². The monoisotopic (exact) mass is 1000 g/mol. The molecule has 5 N–H and O–H groups in total. The van der Waals surface area contributed by atoms with Gasteiger partial charge < -0.3 is 72.4 Å². The highest BCUT2D eigenvalue weighted by Gasteiger charge is 2.43. The number of hydrogen-bond acceptors (Lipinski definition) is 15. The number of esters is 2. The third kappa shape index (κ3) is 12.1. The predicted molar refractivity (Wildman–Crippen MR) is 267 cm³/mol. The smallest absolute Gasteiger partial charge is 0.331 e. The Labute approximate surface area is 422 Å². The first kappa shape index (κ1) is 55.4. The zero-order valence-electron chi connectivity index (χ0n) is 43.1. The van der Waals surface area contributed by atoms with E-state index in [2.05, 4.69) is 14.1 Å². The zero-order valence-corrected chi connectivity index (χ0v) is 43.1. The van der Waals surface area contributed by atoms with E-state index in [9.17, 15) is 35.1 Å². The lowest BCUT2D eigenvalue weighted by Gasteiger charge is -2.46. The van der Waals surface area contributed by atoms with E-state index in [4.69, 9.17) is 37.9 Å². The fourth-order valence-electron chi connectivity index (χ4n) is 10.9. The van der Waals surface area contributed by atoms with Crippen molar-refractivity contribution in [2.45, 2.75) is 83.6 Å². The van der Waals surface area contributed by atoms with Gasteiger partial charge in [-0.2, -0.15) is 0 Å². The van der Waals surface area contributed by atoms with Crippen molar-refractivity contribution >= 4 is 11.9 Å². The molecule has 0 spiro atoms. The Morgan fingerprint density at radius 2 is 1.01 bits per heavy atom. The molecule has 0 amide bonds. The van der Waals surface area contributed by atoms with Crippen molar-refractivity contribution in [3.63, 3.8) is 0 Å². The average Bonchev–Trinajstić information content (AvgIpc) is 3.40. The fraction of sp³-hybridized carbons (Fsp3) is 0.491. The summed E-state index contributed by atoms with van der Waals surface area (Å²) in [6.45, 7) is 1.62. The minimum Gasteiger partial charge on any atom is -0.496 e. The van der Waals surface area contributed by atoms with Crippen LogP contribution in [0, 0.1) is 0 Å². The van der Waals surface area contributed by atoms with E-state index in [0.29, 0.717) is 123 Å². The molecule has 6 rings (SSSR count). The number of ether oxygens (including phenoxy) is 8. The third-order valence-corrected chi connectivity index (χ3v) is 14.8. The van der Waals surface area contributed by atoms with Crippen LogP contribution >= 0.6 is 0 Å². The van der Waals surface area contributed by atoms with Crippen molar-refractivity contribution in [3.05, 3.63) is 116 Å². The van der Waals surface area contributed by atoms with Crippen LogP contribution in [0.4, 0.5) is 0 Å². The average molecular weight is 1000 g/mol. The lowest BCUT2D eigenvalue weighted by atomic mass is 9.82. The molecule has 0 saturated carbocycles. The maximum atomic E-state index is 12.9. The molecule has 17 heteroatoms. The molecule has 0 saturated heterocycles. The molecule has 0 aliphatic carbocycles. The summed E-state index contributed by atoms with van der Waals surface area (Å²) in [5, 5.41) is 51.2. The molecule has 2 aliphatic heterocycles. The Morgan fingerprint density at radius 1 is 0.528 bits per heavy atom. The van der Waals surface area contributed by atoms with E-state index in [1.807, 2.05) is 42.5 Å². The molecule has 0 bridgehead atoms. The number of rotatable bonds is 25. The molecule has 4 unspecified atom stereocenters. The Hall–Kier alpha value is -5.92. The number of aliphatic hydroxyl groups is 5. The third-order valence-electron chi connectivity index (χ3n) is 14.8. The summed E-state index contributed by atoms with van der Waals surface area (Å²) in [6, 6.07) is 13.4. The second-order valence-corrected chi connectivity index (χ2v) is 18.9. The molecular weight excluding hydrogens is 929 g/mol. The lowest BCUT2D eigenvalue weighted by Crippen LogP contribution is -2.53. The highest BCUT2D eigenvalue weighted by Crippen LogP contribution is 2.47. The highest BCUT2D eigenvalue weighted by atomic mass is 16.5. The standard InChI is InChI=1S/C55H74N2O15/c1-56(17-13-37-28-48(66-4)49(67-5)29-42(37)45(56)23-36-22-41(32-60)54(69-7)50(26-36)68-6)15-9-19-71-51(63)11-12-52(64)72-20-10-16-57(2)18-14-38-27-40(31-59)44(34-62)55(70-8)53(38)46(57)24-35-21-39(30-58)43(33-61)47(25-35)65-3/h11-12,21-22,25-29,45-46,58-62H,9-10,13-20,23-24,30-34H2,1-8H3/q+2/b12-11+. The van der Waals surface area contributed by atoms with E-state index in [-0.39, 0.29) is 58.3 Å². The van der Waals surface area contributed by atoms with Crippen molar-refractivity contribution in [2.75, 3.05) is 96.1 Å². The Kier molecular flexibility index (Phi) is 19.4. The van der Waals surface area contributed by atoms with Gasteiger partial charge in [0.1, 0.15) is 23.6 Å². The topological polar surface area (TPSA) is 209 Å². The second kappa shape index (κ2) is 25.2. The van der Waals surface area contributed by atoms with E-state index >= 15 is 0 Å². The number of hydrogen-bond donors (Lipinski definition) is 5. The van der Waals surface area contributed by atoms with E-state index in [0.717, 1.165) is 58.5 Å². The van der Waals surface area contributed by atoms with Gasteiger partial charge in [0.25, 0.3) is 0 Å².